The number of hydrogen-bond acceptors (Lipinski definition) is 5. The molecular weight excluding hydrogens is 204 g/mol. The van der Waals surface area contributed by atoms with Gasteiger partial charge in [-0.1, -0.05) is 18.7 Å². The molecule has 1 heterocycles. The summed E-state index contributed by atoms with van der Waals surface area (Å²) in [4.78, 5) is 4.15. The van der Waals surface area contributed by atoms with Gasteiger partial charge >= 0.3 is 0 Å². The van der Waals surface area contributed by atoms with E-state index in [2.05, 4.69) is 10.3 Å². The Hall–Kier alpha value is -0.100. The molecule has 0 aliphatic carbocycles. The van der Waals surface area contributed by atoms with Gasteiger partial charge in [0.1, 0.15) is 4.34 Å². The third kappa shape index (κ3) is 4.08. The summed E-state index contributed by atoms with van der Waals surface area (Å²) in [6, 6.07) is 0.180. The highest BCUT2D eigenvalue weighted by atomic mass is 32.2. The van der Waals surface area contributed by atoms with Gasteiger partial charge in [0, 0.05) is 23.4 Å². The monoisotopic (exact) mass is 218 g/mol. The largest absolute Gasteiger partial charge is 0.395 e. The number of thiazole rings is 1. The van der Waals surface area contributed by atoms with E-state index in [9.17, 15) is 0 Å². The molecule has 74 valence electrons. The van der Waals surface area contributed by atoms with Crippen LogP contribution in [0, 0.1) is 0 Å². The molecule has 1 rings (SSSR count). The Morgan fingerprint density at radius 1 is 1.77 bits per heavy atom. The lowest BCUT2D eigenvalue weighted by atomic mass is 10.4. The molecule has 1 atom stereocenters. The van der Waals surface area contributed by atoms with Crippen LogP contribution < -0.4 is 5.32 Å². The standard InChI is InChI=1S/C8H14N2OS2/c1-2-9-7(5-11)6-13-8-10-3-4-12-8/h3-4,7,9,11H,2,5-6H2,1H3. The Bertz CT molecular complexity index is 216. The molecule has 0 aliphatic heterocycles. The van der Waals surface area contributed by atoms with Crippen molar-refractivity contribution in [2.24, 2.45) is 0 Å². The molecule has 5 heteroatoms. The Labute approximate surface area is 86.6 Å². The quantitative estimate of drug-likeness (QED) is 0.704. The van der Waals surface area contributed by atoms with E-state index >= 15 is 0 Å². The fourth-order valence-corrected chi connectivity index (χ4v) is 2.62. The zero-order chi connectivity index (χ0) is 9.52. The van der Waals surface area contributed by atoms with Crippen molar-refractivity contribution in [2.75, 3.05) is 18.9 Å². The maximum absolute atomic E-state index is 8.99. The first-order chi connectivity index (χ1) is 6.36. The van der Waals surface area contributed by atoms with E-state index < -0.39 is 0 Å². The number of hydrogen-bond donors (Lipinski definition) is 2. The van der Waals surface area contributed by atoms with Crippen LogP contribution in [-0.2, 0) is 0 Å². The number of aliphatic hydroxyl groups is 1. The molecule has 1 aromatic heterocycles. The first-order valence-corrected chi connectivity index (χ1v) is 6.10. The minimum absolute atomic E-state index is 0.180. The summed E-state index contributed by atoms with van der Waals surface area (Å²) < 4.78 is 1.07. The average molecular weight is 218 g/mol. The summed E-state index contributed by atoms with van der Waals surface area (Å²) in [5.41, 5.74) is 0. The highest BCUT2D eigenvalue weighted by Crippen LogP contribution is 2.20. The van der Waals surface area contributed by atoms with Crippen molar-refractivity contribution in [2.45, 2.75) is 17.3 Å². The normalized spacial score (nSPS) is 13.1. The lowest BCUT2D eigenvalue weighted by Crippen LogP contribution is -2.34. The number of nitrogens with zero attached hydrogens (tertiary/aromatic N) is 1. The second-order valence-corrected chi connectivity index (χ2v) is 4.71. The van der Waals surface area contributed by atoms with Gasteiger partial charge in [0.25, 0.3) is 0 Å². The minimum Gasteiger partial charge on any atom is -0.395 e. The topological polar surface area (TPSA) is 45.1 Å². The number of aliphatic hydroxyl groups excluding tert-OH is 1. The number of thioether (sulfide) groups is 1. The number of aromatic nitrogens is 1. The highest BCUT2D eigenvalue weighted by Gasteiger charge is 2.06. The van der Waals surface area contributed by atoms with E-state index in [4.69, 9.17) is 5.11 Å². The van der Waals surface area contributed by atoms with Gasteiger partial charge in [-0.2, -0.15) is 0 Å². The molecule has 0 aromatic carbocycles. The van der Waals surface area contributed by atoms with Crippen LogP contribution in [0.15, 0.2) is 15.9 Å². The lowest BCUT2D eigenvalue weighted by molar-refractivity contribution is 0.255. The number of nitrogens with one attached hydrogen (secondary N) is 1. The molecule has 1 unspecified atom stereocenters. The fraction of sp³-hybridized carbons (Fsp3) is 0.625. The van der Waals surface area contributed by atoms with Gasteiger partial charge in [-0.3, -0.25) is 0 Å². The maximum atomic E-state index is 8.99. The highest BCUT2D eigenvalue weighted by molar-refractivity contribution is 8.01. The SMILES string of the molecule is CCNC(CO)CSc1nccs1. The zero-order valence-corrected chi connectivity index (χ0v) is 9.20. The molecule has 0 saturated carbocycles. The van der Waals surface area contributed by atoms with E-state index in [1.165, 1.54) is 0 Å². The average Bonchev–Trinajstić information content (AvgIpc) is 2.64. The van der Waals surface area contributed by atoms with Gasteiger partial charge in [-0.15, -0.1) is 11.3 Å². The first kappa shape index (κ1) is 11.0. The Kier molecular flexibility index (Phi) is 5.38. The molecule has 0 amide bonds. The van der Waals surface area contributed by atoms with E-state index in [1.807, 2.05) is 12.3 Å². The van der Waals surface area contributed by atoms with Crippen LogP contribution in [-0.4, -0.2) is 35.0 Å². The molecule has 0 fully saturated rings. The van der Waals surface area contributed by atoms with Crippen LogP contribution in [0.4, 0.5) is 0 Å². The van der Waals surface area contributed by atoms with Crippen molar-refractivity contribution in [1.29, 1.82) is 0 Å². The number of rotatable bonds is 6. The van der Waals surface area contributed by atoms with Crippen LogP contribution in [0.1, 0.15) is 6.92 Å². The van der Waals surface area contributed by atoms with Crippen molar-refractivity contribution in [1.82, 2.24) is 10.3 Å². The van der Waals surface area contributed by atoms with Gasteiger partial charge in [0.2, 0.25) is 0 Å². The molecular formula is C8H14N2OS2. The second-order valence-electron chi connectivity index (χ2n) is 2.55. The maximum Gasteiger partial charge on any atom is 0.149 e. The third-order valence-electron chi connectivity index (χ3n) is 1.53. The zero-order valence-electron chi connectivity index (χ0n) is 7.56. The number of likely N-dealkylation sites (N-methyl/N-ethyl adjacent to an activating group) is 1. The predicted molar refractivity (Wildman–Crippen MR) is 57.4 cm³/mol. The Morgan fingerprint density at radius 3 is 3.15 bits per heavy atom. The second kappa shape index (κ2) is 6.37. The van der Waals surface area contributed by atoms with Crippen molar-refractivity contribution in [3.05, 3.63) is 11.6 Å². The van der Waals surface area contributed by atoms with E-state index in [0.717, 1.165) is 16.6 Å². The van der Waals surface area contributed by atoms with Crippen molar-refractivity contribution in [3.8, 4) is 0 Å². The van der Waals surface area contributed by atoms with E-state index in [1.54, 1.807) is 29.3 Å². The molecule has 0 aliphatic rings. The van der Waals surface area contributed by atoms with Gasteiger partial charge in [0.15, 0.2) is 0 Å². The van der Waals surface area contributed by atoms with Gasteiger partial charge in [-0.05, 0) is 6.54 Å². The first-order valence-electron chi connectivity index (χ1n) is 4.23. The van der Waals surface area contributed by atoms with Crippen LogP contribution in [0.2, 0.25) is 0 Å². The third-order valence-corrected chi connectivity index (χ3v) is 3.66. The fourth-order valence-electron chi connectivity index (χ4n) is 0.918. The summed E-state index contributed by atoms with van der Waals surface area (Å²) in [6.07, 6.45) is 1.80. The minimum atomic E-state index is 0.180. The summed E-state index contributed by atoms with van der Waals surface area (Å²) in [5.74, 6) is 0.873. The van der Waals surface area contributed by atoms with Gasteiger partial charge in [0.05, 0.1) is 6.61 Å². The molecule has 0 saturated heterocycles. The molecule has 0 bridgehead atoms. The van der Waals surface area contributed by atoms with Crippen molar-refractivity contribution < 1.29 is 5.11 Å². The smallest absolute Gasteiger partial charge is 0.149 e. The molecule has 0 spiro atoms. The summed E-state index contributed by atoms with van der Waals surface area (Å²) in [7, 11) is 0. The van der Waals surface area contributed by atoms with Crippen molar-refractivity contribution in [3.63, 3.8) is 0 Å². The van der Waals surface area contributed by atoms with Crippen molar-refractivity contribution >= 4 is 23.1 Å². The molecule has 3 nitrogen and oxygen atoms in total. The molecule has 13 heavy (non-hydrogen) atoms. The molecule has 1 aromatic rings. The van der Waals surface area contributed by atoms with E-state index in [-0.39, 0.29) is 12.6 Å². The Balaban J connectivity index is 2.23. The van der Waals surface area contributed by atoms with Crippen LogP contribution in [0.5, 0.6) is 0 Å². The predicted octanol–water partition coefficient (Wildman–Crippen LogP) is 1.21. The summed E-state index contributed by atoms with van der Waals surface area (Å²) >= 11 is 3.32. The van der Waals surface area contributed by atoms with Gasteiger partial charge in [-0.25, -0.2) is 4.98 Å². The molecule has 2 N–H and O–H groups in total. The van der Waals surface area contributed by atoms with Crippen LogP contribution >= 0.6 is 23.1 Å². The van der Waals surface area contributed by atoms with Crippen LogP contribution in [0.3, 0.4) is 0 Å². The van der Waals surface area contributed by atoms with Crippen LogP contribution in [0.25, 0.3) is 0 Å². The summed E-state index contributed by atoms with van der Waals surface area (Å²) in [6.45, 7) is 3.12. The summed E-state index contributed by atoms with van der Waals surface area (Å²) in [5, 5.41) is 14.2. The Morgan fingerprint density at radius 2 is 2.62 bits per heavy atom. The lowest BCUT2D eigenvalue weighted by Gasteiger charge is -2.12. The molecule has 0 radical (unpaired) electrons. The van der Waals surface area contributed by atoms with Gasteiger partial charge < -0.3 is 10.4 Å². The van der Waals surface area contributed by atoms with E-state index in [0.29, 0.717) is 0 Å².